The van der Waals surface area contributed by atoms with Crippen LogP contribution in [0.1, 0.15) is 47.1 Å². The largest absolute Gasteiger partial charge is 0.490 e. The molecule has 7 nitrogen and oxygen atoms in total. The van der Waals surface area contributed by atoms with Gasteiger partial charge < -0.3 is 20.1 Å². The molecule has 0 fully saturated rings. The number of carbonyl (C=O) groups is 2. The van der Waals surface area contributed by atoms with Crippen molar-refractivity contribution in [3.05, 3.63) is 87.9 Å². The van der Waals surface area contributed by atoms with Crippen molar-refractivity contribution in [2.45, 2.75) is 26.2 Å². The van der Waals surface area contributed by atoms with Crippen molar-refractivity contribution in [3.8, 4) is 5.75 Å². The highest BCUT2D eigenvalue weighted by molar-refractivity contribution is 9.10. The van der Waals surface area contributed by atoms with E-state index in [9.17, 15) is 9.59 Å². The Morgan fingerprint density at radius 2 is 1.51 bits per heavy atom. The lowest BCUT2D eigenvalue weighted by atomic mass is 9.87. The first-order chi connectivity index (χ1) is 17.6. The van der Waals surface area contributed by atoms with Crippen molar-refractivity contribution >= 4 is 56.4 Å². The first-order valence-corrected chi connectivity index (χ1v) is 12.8. The van der Waals surface area contributed by atoms with Crippen LogP contribution in [0.3, 0.4) is 0 Å². The summed E-state index contributed by atoms with van der Waals surface area (Å²) in [5, 5.41) is 8.66. The smallest absolute Gasteiger partial charge is 0.257 e. The summed E-state index contributed by atoms with van der Waals surface area (Å²) in [5.74, 6) is 0.0248. The van der Waals surface area contributed by atoms with E-state index in [0.29, 0.717) is 45.9 Å². The van der Waals surface area contributed by atoms with Gasteiger partial charge in [-0.3, -0.25) is 14.9 Å². The van der Waals surface area contributed by atoms with Crippen molar-refractivity contribution in [1.29, 1.82) is 0 Å². The summed E-state index contributed by atoms with van der Waals surface area (Å²) in [7, 11) is 1.60. The van der Waals surface area contributed by atoms with Gasteiger partial charge in [0, 0.05) is 29.6 Å². The molecular weight excluding hydrogens is 554 g/mol. The minimum Gasteiger partial charge on any atom is -0.490 e. The lowest BCUT2D eigenvalue weighted by Gasteiger charge is -2.19. The maximum Gasteiger partial charge on any atom is 0.257 e. The van der Waals surface area contributed by atoms with E-state index in [1.54, 1.807) is 49.6 Å². The molecule has 0 aliphatic heterocycles. The van der Waals surface area contributed by atoms with E-state index in [4.69, 9.17) is 21.7 Å². The number of hydrogen-bond donors (Lipinski definition) is 3. The highest BCUT2D eigenvalue weighted by atomic mass is 79.9. The Hall–Kier alpha value is -3.27. The Morgan fingerprint density at radius 1 is 0.865 bits per heavy atom. The third kappa shape index (κ3) is 8.38. The van der Waals surface area contributed by atoms with Gasteiger partial charge in [-0.1, -0.05) is 39.0 Å². The average Bonchev–Trinajstić information content (AvgIpc) is 2.84. The Balaban J connectivity index is 1.57. The molecule has 0 aliphatic rings. The van der Waals surface area contributed by atoms with E-state index in [-0.39, 0.29) is 22.3 Å². The van der Waals surface area contributed by atoms with Gasteiger partial charge in [-0.2, -0.15) is 0 Å². The van der Waals surface area contributed by atoms with E-state index < -0.39 is 0 Å². The molecule has 3 aromatic carbocycles. The quantitative estimate of drug-likeness (QED) is 0.218. The third-order valence-corrected chi connectivity index (χ3v) is 6.18. The Kier molecular flexibility index (Phi) is 9.79. The first kappa shape index (κ1) is 28.3. The van der Waals surface area contributed by atoms with Gasteiger partial charge >= 0.3 is 0 Å². The SMILES string of the molecule is COCCOc1ccc(C(=O)NC(=S)Nc2cccc(NC(=O)c3ccc(C(C)(C)C)cc3)c2)cc1Br. The van der Waals surface area contributed by atoms with Crippen LogP contribution in [0.15, 0.2) is 71.2 Å². The summed E-state index contributed by atoms with van der Waals surface area (Å²) >= 11 is 8.73. The van der Waals surface area contributed by atoms with Crippen molar-refractivity contribution in [2.75, 3.05) is 31.0 Å². The molecule has 0 aromatic heterocycles. The average molecular weight is 585 g/mol. The summed E-state index contributed by atoms with van der Waals surface area (Å²) in [6.45, 7) is 7.25. The molecule has 0 saturated heterocycles. The topological polar surface area (TPSA) is 88.7 Å². The van der Waals surface area contributed by atoms with Crippen molar-refractivity contribution < 1.29 is 19.1 Å². The fraction of sp³-hybridized carbons (Fsp3) is 0.250. The number of benzene rings is 3. The molecule has 37 heavy (non-hydrogen) atoms. The minimum absolute atomic E-state index is 0.0152. The number of amides is 2. The van der Waals surface area contributed by atoms with Crippen LogP contribution in [0.5, 0.6) is 5.75 Å². The molecule has 9 heteroatoms. The first-order valence-electron chi connectivity index (χ1n) is 11.6. The molecule has 3 N–H and O–H groups in total. The van der Waals surface area contributed by atoms with Gasteiger partial charge in [0.1, 0.15) is 12.4 Å². The molecule has 0 aliphatic carbocycles. The zero-order valence-corrected chi connectivity index (χ0v) is 23.6. The van der Waals surface area contributed by atoms with Crippen LogP contribution in [0.2, 0.25) is 0 Å². The highest BCUT2D eigenvalue weighted by Gasteiger charge is 2.15. The summed E-state index contributed by atoms with van der Waals surface area (Å²) in [6, 6.07) is 19.7. The summed E-state index contributed by atoms with van der Waals surface area (Å²) in [4.78, 5) is 25.3. The van der Waals surface area contributed by atoms with Gasteiger partial charge in [0.15, 0.2) is 5.11 Å². The number of carbonyl (C=O) groups excluding carboxylic acids is 2. The fourth-order valence-corrected chi connectivity index (χ4v) is 4.04. The fourth-order valence-electron chi connectivity index (χ4n) is 3.33. The van der Waals surface area contributed by atoms with Crippen molar-refractivity contribution in [1.82, 2.24) is 5.32 Å². The van der Waals surface area contributed by atoms with Crippen LogP contribution in [0, 0.1) is 0 Å². The minimum atomic E-state index is -0.371. The third-order valence-electron chi connectivity index (χ3n) is 5.36. The number of methoxy groups -OCH3 is 1. The number of nitrogens with one attached hydrogen (secondary N) is 3. The number of halogens is 1. The Morgan fingerprint density at radius 3 is 2.14 bits per heavy atom. The molecule has 0 heterocycles. The number of rotatable bonds is 8. The molecule has 0 bridgehead atoms. The van der Waals surface area contributed by atoms with Crippen LogP contribution in [0.25, 0.3) is 0 Å². The Labute approximate surface area is 231 Å². The van der Waals surface area contributed by atoms with Crippen LogP contribution < -0.4 is 20.7 Å². The number of hydrogen-bond acceptors (Lipinski definition) is 5. The predicted molar refractivity (Wildman–Crippen MR) is 155 cm³/mol. The second kappa shape index (κ2) is 12.8. The van der Waals surface area contributed by atoms with Crippen LogP contribution in [-0.2, 0) is 10.2 Å². The molecule has 0 radical (unpaired) electrons. The molecule has 2 amide bonds. The van der Waals surface area contributed by atoms with Gasteiger partial charge in [0.2, 0.25) is 0 Å². The monoisotopic (exact) mass is 583 g/mol. The van der Waals surface area contributed by atoms with Gasteiger partial charge in [-0.25, -0.2) is 0 Å². The van der Waals surface area contributed by atoms with E-state index in [1.165, 1.54) is 0 Å². The summed E-state index contributed by atoms with van der Waals surface area (Å²) < 4.78 is 11.2. The number of ether oxygens (including phenoxy) is 2. The maximum atomic E-state index is 12.7. The van der Waals surface area contributed by atoms with E-state index in [0.717, 1.165) is 5.56 Å². The van der Waals surface area contributed by atoms with Gasteiger partial charge in [-0.05, 0) is 87.7 Å². The number of anilines is 2. The van der Waals surface area contributed by atoms with E-state index >= 15 is 0 Å². The molecule has 0 atom stereocenters. The standard InChI is InChI=1S/C28H30BrN3O4S/c1-28(2,3)20-11-8-18(9-12-20)25(33)30-21-6-5-7-22(17-21)31-27(37)32-26(34)19-10-13-24(23(29)16-19)36-15-14-35-4/h5-13,16-17H,14-15H2,1-4H3,(H,30,33)(H2,31,32,34,37). The molecule has 0 unspecified atom stereocenters. The molecule has 194 valence electrons. The summed E-state index contributed by atoms with van der Waals surface area (Å²) in [5.41, 5.74) is 3.36. The second-order valence-electron chi connectivity index (χ2n) is 9.26. The Bertz CT molecular complexity index is 1270. The van der Waals surface area contributed by atoms with Crippen LogP contribution in [-0.4, -0.2) is 37.3 Å². The normalized spacial score (nSPS) is 10.9. The van der Waals surface area contributed by atoms with Crippen LogP contribution in [0.4, 0.5) is 11.4 Å². The lowest BCUT2D eigenvalue weighted by molar-refractivity contribution is 0.0976. The van der Waals surface area contributed by atoms with Crippen molar-refractivity contribution in [2.24, 2.45) is 0 Å². The predicted octanol–water partition coefficient (Wildman–Crippen LogP) is 6.15. The molecule has 3 aromatic rings. The van der Waals surface area contributed by atoms with Crippen LogP contribution >= 0.6 is 28.1 Å². The van der Waals surface area contributed by atoms with Gasteiger partial charge in [0.25, 0.3) is 11.8 Å². The highest BCUT2D eigenvalue weighted by Crippen LogP contribution is 2.26. The van der Waals surface area contributed by atoms with Gasteiger partial charge in [0.05, 0.1) is 11.1 Å². The molecule has 0 spiro atoms. The number of thiocarbonyl (C=S) groups is 1. The lowest BCUT2D eigenvalue weighted by Crippen LogP contribution is -2.34. The molecular formula is C28H30BrN3O4S. The molecule has 3 rings (SSSR count). The van der Waals surface area contributed by atoms with E-state index in [2.05, 4.69) is 52.7 Å². The summed E-state index contributed by atoms with van der Waals surface area (Å²) in [6.07, 6.45) is 0. The zero-order chi connectivity index (χ0) is 27.0. The maximum absolute atomic E-state index is 12.7. The van der Waals surface area contributed by atoms with Crippen molar-refractivity contribution in [3.63, 3.8) is 0 Å². The van der Waals surface area contributed by atoms with E-state index in [1.807, 2.05) is 24.3 Å². The zero-order valence-electron chi connectivity index (χ0n) is 21.2. The second-order valence-corrected chi connectivity index (χ2v) is 10.5. The van der Waals surface area contributed by atoms with Gasteiger partial charge in [-0.15, -0.1) is 0 Å². The molecule has 0 saturated carbocycles.